The maximum Gasteiger partial charge on any atom is 0.310 e. The van der Waals surface area contributed by atoms with E-state index in [1.54, 1.807) is 24.3 Å². The van der Waals surface area contributed by atoms with Crippen LogP contribution < -0.4 is 5.32 Å². The zero-order valence-corrected chi connectivity index (χ0v) is 14.9. The summed E-state index contributed by atoms with van der Waals surface area (Å²) in [4.78, 5) is 23.6. The molecule has 0 aromatic heterocycles. The highest BCUT2D eigenvalue weighted by Gasteiger charge is 2.10. The van der Waals surface area contributed by atoms with E-state index in [0.29, 0.717) is 10.7 Å². The van der Waals surface area contributed by atoms with E-state index < -0.39 is 28.3 Å². The van der Waals surface area contributed by atoms with Crippen molar-refractivity contribution < 1.29 is 22.7 Å². The summed E-state index contributed by atoms with van der Waals surface area (Å²) in [6, 6.07) is 12.4. The van der Waals surface area contributed by atoms with Crippen LogP contribution in [0, 0.1) is 0 Å². The van der Waals surface area contributed by atoms with E-state index in [4.69, 9.17) is 16.3 Å². The molecule has 2 aromatic rings. The lowest BCUT2D eigenvalue weighted by Crippen LogP contribution is -2.21. The number of halogens is 1. The summed E-state index contributed by atoms with van der Waals surface area (Å²) in [6.07, 6.45) is 1.13. The first kappa shape index (κ1) is 19.0. The highest BCUT2D eigenvalue weighted by molar-refractivity contribution is 7.90. The first-order chi connectivity index (χ1) is 11.7. The van der Waals surface area contributed by atoms with Crippen molar-refractivity contribution in [3.05, 3.63) is 59.1 Å². The molecular formula is C17H16ClNO5S. The van der Waals surface area contributed by atoms with Gasteiger partial charge < -0.3 is 10.1 Å². The Hall–Kier alpha value is -2.38. The van der Waals surface area contributed by atoms with E-state index in [-0.39, 0.29) is 11.3 Å². The zero-order valence-electron chi connectivity index (χ0n) is 13.4. The Bertz CT molecular complexity index is 861. The van der Waals surface area contributed by atoms with Crippen molar-refractivity contribution in [1.29, 1.82) is 0 Å². The minimum absolute atomic E-state index is 0.0352. The fourth-order valence-electron chi connectivity index (χ4n) is 1.95. The van der Waals surface area contributed by atoms with E-state index in [1.807, 2.05) is 0 Å². The number of ether oxygens (including phenoxy) is 1. The molecule has 8 heteroatoms. The normalized spacial score (nSPS) is 11.0. The third-order valence-electron chi connectivity index (χ3n) is 3.19. The number of carbonyl (C=O) groups is 2. The van der Waals surface area contributed by atoms with Crippen LogP contribution in [0.2, 0.25) is 5.02 Å². The average molecular weight is 382 g/mol. The molecule has 1 amide bonds. The standard InChI is InChI=1S/C17H16ClNO5S/c1-25(22,23)15-8-6-14(7-9-15)19-16(20)11-24-17(21)10-12-2-4-13(18)5-3-12/h2-9H,10-11H2,1H3,(H,19,20). The van der Waals surface area contributed by atoms with Gasteiger partial charge in [-0.1, -0.05) is 23.7 Å². The van der Waals surface area contributed by atoms with Crippen molar-refractivity contribution >= 4 is 39.0 Å². The number of hydrogen-bond donors (Lipinski definition) is 1. The van der Waals surface area contributed by atoms with Gasteiger partial charge in [0.15, 0.2) is 16.4 Å². The number of sulfone groups is 1. The molecule has 1 N–H and O–H groups in total. The molecule has 6 nitrogen and oxygen atoms in total. The second-order valence-electron chi connectivity index (χ2n) is 5.31. The molecule has 0 unspecified atom stereocenters. The van der Waals surface area contributed by atoms with Gasteiger partial charge in [-0.25, -0.2) is 8.42 Å². The number of benzene rings is 2. The highest BCUT2D eigenvalue weighted by atomic mass is 35.5. The SMILES string of the molecule is CS(=O)(=O)c1ccc(NC(=O)COC(=O)Cc2ccc(Cl)cc2)cc1. The molecule has 0 aliphatic rings. The number of nitrogens with one attached hydrogen (secondary N) is 1. The first-order valence-electron chi connectivity index (χ1n) is 7.24. The molecule has 0 spiro atoms. The summed E-state index contributed by atoms with van der Waals surface area (Å²) >= 11 is 5.76. The van der Waals surface area contributed by atoms with Gasteiger partial charge >= 0.3 is 5.97 Å². The smallest absolute Gasteiger partial charge is 0.310 e. The Labute approximate surface area is 150 Å². The van der Waals surface area contributed by atoms with Gasteiger partial charge in [-0.15, -0.1) is 0 Å². The Morgan fingerprint density at radius 3 is 2.20 bits per heavy atom. The predicted molar refractivity (Wildman–Crippen MR) is 94.3 cm³/mol. The lowest BCUT2D eigenvalue weighted by atomic mass is 10.1. The number of esters is 1. The first-order valence-corrected chi connectivity index (χ1v) is 9.51. The molecule has 0 aliphatic carbocycles. The number of carbonyl (C=O) groups excluding carboxylic acids is 2. The van der Waals surface area contributed by atoms with Crippen LogP contribution in [-0.4, -0.2) is 33.2 Å². The zero-order chi connectivity index (χ0) is 18.4. The fraction of sp³-hybridized carbons (Fsp3) is 0.176. The average Bonchev–Trinajstić information content (AvgIpc) is 2.55. The molecule has 0 radical (unpaired) electrons. The van der Waals surface area contributed by atoms with Crippen molar-refractivity contribution in [3.8, 4) is 0 Å². The lowest BCUT2D eigenvalue weighted by molar-refractivity contribution is -0.146. The Morgan fingerprint density at radius 1 is 1.04 bits per heavy atom. The van der Waals surface area contributed by atoms with E-state index in [0.717, 1.165) is 11.8 Å². The molecular weight excluding hydrogens is 366 g/mol. The maximum atomic E-state index is 11.8. The molecule has 2 aromatic carbocycles. The largest absolute Gasteiger partial charge is 0.455 e. The van der Waals surface area contributed by atoms with Gasteiger partial charge in [0.05, 0.1) is 11.3 Å². The Balaban J connectivity index is 1.82. The van der Waals surface area contributed by atoms with Gasteiger partial charge in [-0.05, 0) is 42.0 Å². The van der Waals surface area contributed by atoms with Crippen LogP contribution in [-0.2, 0) is 30.6 Å². The van der Waals surface area contributed by atoms with Gasteiger partial charge in [0.25, 0.3) is 5.91 Å². The van der Waals surface area contributed by atoms with Gasteiger partial charge in [0, 0.05) is 17.0 Å². The van der Waals surface area contributed by atoms with Crippen LogP contribution in [0.1, 0.15) is 5.56 Å². The molecule has 0 saturated heterocycles. The minimum Gasteiger partial charge on any atom is -0.455 e. The van der Waals surface area contributed by atoms with E-state index in [2.05, 4.69) is 5.32 Å². The molecule has 0 heterocycles. The van der Waals surface area contributed by atoms with Crippen molar-refractivity contribution in [2.45, 2.75) is 11.3 Å². The number of hydrogen-bond acceptors (Lipinski definition) is 5. The van der Waals surface area contributed by atoms with Gasteiger partial charge in [0.1, 0.15) is 0 Å². The number of amides is 1. The maximum absolute atomic E-state index is 11.8. The Kier molecular flexibility index (Phi) is 6.17. The quantitative estimate of drug-likeness (QED) is 0.776. The van der Waals surface area contributed by atoms with Gasteiger partial charge in [-0.2, -0.15) is 0 Å². The van der Waals surface area contributed by atoms with Crippen LogP contribution in [0.5, 0.6) is 0 Å². The second kappa shape index (κ2) is 8.13. The topological polar surface area (TPSA) is 89.5 Å². The Morgan fingerprint density at radius 2 is 1.64 bits per heavy atom. The lowest BCUT2D eigenvalue weighted by Gasteiger charge is -2.07. The van der Waals surface area contributed by atoms with E-state index in [1.165, 1.54) is 24.3 Å². The molecule has 0 aliphatic heterocycles. The van der Waals surface area contributed by atoms with Crippen LogP contribution in [0.25, 0.3) is 0 Å². The predicted octanol–water partition coefficient (Wildman–Crippen LogP) is 2.47. The highest BCUT2D eigenvalue weighted by Crippen LogP contribution is 2.14. The molecule has 0 saturated carbocycles. The second-order valence-corrected chi connectivity index (χ2v) is 7.76. The molecule has 0 bridgehead atoms. The van der Waals surface area contributed by atoms with Crippen molar-refractivity contribution in [3.63, 3.8) is 0 Å². The number of rotatable bonds is 6. The monoisotopic (exact) mass is 381 g/mol. The van der Waals surface area contributed by atoms with Crippen LogP contribution in [0.4, 0.5) is 5.69 Å². The molecule has 132 valence electrons. The van der Waals surface area contributed by atoms with Crippen LogP contribution >= 0.6 is 11.6 Å². The van der Waals surface area contributed by atoms with Crippen molar-refractivity contribution in [2.75, 3.05) is 18.2 Å². The van der Waals surface area contributed by atoms with Gasteiger partial charge in [0.2, 0.25) is 0 Å². The van der Waals surface area contributed by atoms with Crippen LogP contribution in [0.3, 0.4) is 0 Å². The van der Waals surface area contributed by atoms with Crippen molar-refractivity contribution in [1.82, 2.24) is 0 Å². The van der Waals surface area contributed by atoms with Gasteiger partial charge in [-0.3, -0.25) is 9.59 Å². The summed E-state index contributed by atoms with van der Waals surface area (Å²) in [5, 5.41) is 3.09. The third kappa shape index (κ3) is 6.21. The van der Waals surface area contributed by atoms with E-state index >= 15 is 0 Å². The summed E-state index contributed by atoms with van der Waals surface area (Å²) in [6.45, 7) is -0.430. The molecule has 2 rings (SSSR count). The fourth-order valence-corrected chi connectivity index (χ4v) is 2.70. The molecule has 25 heavy (non-hydrogen) atoms. The molecule has 0 atom stereocenters. The minimum atomic E-state index is -3.29. The van der Waals surface area contributed by atoms with Crippen molar-refractivity contribution in [2.24, 2.45) is 0 Å². The summed E-state index contributed by atoms with van der Waals surface area (Å²) < 4.78 is 27.6. The number of anilines is 1. The van der Waals surface area contributed by atoms with Crippen LogP contribution in [0.15, 0.2) is 53.4 Å². The summed E-state index contributed by atoms with van der Waals surface area (Å²) in [5.74, 6) is -1.05. The third-order valence-corrected chi connectivity index (χ3v) is 4.57. The summed E-state index contributed by atoms with van der Waals surface area (Å²) in [5.41, 5.74) is 1.14. The molecule has 0 fully saturated rings. The van der Waals surface area contributed by atoms with E-state index in [9.17, 15) is 18.0 Å². The summed E-state index contributed by atoms with van der Waals surface area (Å²) in [7, 11) is -3.29.